The van der Waals surface area contributed by atoms with Crippen molar-refractivity contribution in [1.82, 2.24) is 14.4 Å². The van der Waals surface area contributed by atoms with Crippen LogP contribution in [-0.2, 0) is 27.8 Å². The van der Waals surface area contributed by atoms with Crippen molar-refractivity contribution >= 4 is 27.2 Å². The lowest BCUT2D eigenvalue weighted by atomic mass is 10.0. The summed E-state index contributed by atoms with van der Waals surface area (Å²) in [5, 5.41) is 3.93. The van der Waals surface area contributed by atoms with Crippen LogP contribution in [0.3, 0.4) is 0 Å². The number of aromatic nitrogens is 2. The van der Waals surface area contributed by atoms with E-state index in [1.54, 1.807) is 13.0 Å². The molecule has 0 atom stereocenters. The number of sulfonamides is 1. The van der Waals surface area contributed by atoms with Crippen LogP contribution in [0.5, 0.6) is 5.75 Å². The van der Waals surface area contributed by atoms with Gasteiger partial charge in [-0.05, 0) is 36.1 Å². The molecule has 1 amide bonds. The molecule has 0 N–H and O–H groups in total. The van der Waals surface area contributed by atoms with Gasteiger partial charge in [-0.1, -0.05) is 48.5 Å². The average molecular weight is 495 g/mol. The van der Waals surface area contributed by atoms with Crippen LogP contribution in [0, 0.1) is 6.92 Å². The molecule has 0 aliphatic carbocycles. The SMILES string of the molecule is CCc1nc(CN2C(=O)COc3cc(S(=O)(=O)N4CC=C(c5ccccc5)CC4)c(C)cc32)no1. The average Bonchev–Trinajstić information content (AvgIpc) is 3.34. The number of hydrogen-bond acceptors (Lipinski definition) is 7. The van der Waals surface area contributed by atoms with Crippen LogP contribution in [0.25, 0.3) is 5.57 Å². The Kier molecular flexibility index (Phi) is 6.16. The van der Waals surface area contributed by atoms with Gasteiger partial charge >= 0.3 is 0 Å². The molecule has 0 bridgehead atoms. The monoisotopic (exact) mass is 494 g/mol. The maximum Gasteiger partial charge on any atom is 0.265 e. The lowest BCUT2D eigenvalue weighted by Gasteiger charge is -2.31. The summed E-state index contributed by atoms with van der Waals surface area (Å²) in [5.74, 6) is 0.951. The van der Waals surface area contributed by atoms with E-state index in [0.29, 0.717) is 54.6 Å². The van der Waals surface area contributed by atoms with Gasteiger partial charge in [0.05, 0.1) is 17.1 Å². The number of hydrogen-bond donors (Lipinski definition) is 0. The van der Waals surface area contributed by atoms with Gasteiger partial charge in [0, 0.05) is 25.6 Å². The zero-order valence-electron chi connectivity index (χ0n) is 19.6. The predicted molar refractivity (Wildman–Crippen MR) is 129 cm³/mol. The van der Waals surface area contributed by atoms with Crippen molar-refractivity contribution in [3.05, 3.63) is 71.4 Å². The van der Waals surface area contributed by atoms with Crippen LogP contribution in [0.1, 0.15) is 36.2 Å². The molecule has 3 aromatic rings. The molecule has 1 aromatic heterocycles. The van der Waals surface area contributed by atoms with Crippen LogP contribution < -0.4 is 9.64 Å². The Bertz CT molecular complexity index is 1400. The fourth-order valence-corrected chi connectivity index (χ4v) is 5.95. The van der Waals surface area contributed by atoms with E-state index in [1.165, 1.54) is 15.3 Å². The summed E-state index contributed by atoms with van der Waals surface area (Å²) in [6.45, 7) is 4.24. The Hall–Kier alpha value is -3.50. The van der Waals surface area contributed by atoms with E-state index in [2.05, 4.69) is 10.1 Å². The molecule has 3 heterocycles. The van der Waals surface area contributed by atoms with Gasteiger partial charge < -0.3 is 9.26 Å². The molecule has 2 aliphatic rings. The minimum atomic E-state index is -3.76. The number of carbonyl (C=O) groups excluding carboxylic acids is 1. The first-order valence-electron chi connectivity index (χ1n) is 11.5. The van der Waals surface area contributed by atoms with Crippen LogP contribution in [0.15, 0.2) is 58.0 Å². The first kappa shape index (κ1) is 23.3. The van der Waals surface area contributed by atoms with Gasteiger partial charge in [0.2, 0.25) is 15.9 Å². The predicted octanol–water partition coefficient (Wildman–Crippen LogP) is 3.34. The normalized spacial score (nSPS) is 16.6. The van der Waals surface area contributed by atoms with E-state index < -0.39 is 10.0 Å². The third-order valence-electron chi connectivity index (χ3n) is 6.25. The summed E-state index contributed by atoms with van der Waals surface area (Å²) in [4.78, 5) is 18.6. The highest BCUT2D eigenvalue weighted by Gasteiger charge is 2.33. The lowest BCUT2D eigenvalue weighted by molar-refractivity contribution is -0.121. The Morgan fingerprint density at radius 1 is 1.14 bits per heavy atom. The number of fused-ring (bicyclic) bond motifs is 1. The van der Waals surface area contributed by atoms with E-state index in [1.807, 2.05) is 43.3 Å². The van der Waals surface area contributed by atoms with Crippen molar-refractivity contribution in [2.45, 2.75) is 38.1 Å². The van der Waals surface area contributed by atoms with Crippen LogP contribution in [-0.4, -0.2) is 48.5 Å². The molecular formula is C25H26N4O5S. The fourth-order valence-electron chi connectivity index (χ4n) is 4.35. The summed E-state index contributed by atoms with van der Waals surface area (Å²) in [7, 11) is -3.76. The maximum absolute atomic E-state index is 13.5. The minimum absolute atomic E-state index is 0.114. The Labute approximate surface area is 204 Å². The number of aryl methyl sites for hydroxylation is 2. The van der Waals surface area contributed by atoms with Crippen LogP contribution in [0.2, 0.25) is 0 Å². The van der Waals surface area contributed by atoms with Crippen LogP contribution >= 0.6 is 0 Å². The highest BCUT2D eigenvalue weighted by Crippen LogP contribution is 2.38. The van der Waals surface area contributed by atoms with Gasteiger partial charge in [0.25, 0.3) is 5.91 Å². The summed E-state index contributed by atoms with van der Waals surface area (Å²) >= 11 is 0. The first-order chi connectivity index (χ1) is 16.9. The second-order valence-corrected chi connectivity index (χ2v) is 10.4. The fraction of sp³-hybridized carbons (Fsp3) is 0.320. The summed E-state index contributed by atoms with van der Waals surface area (Å²) in [5.41, 5.74) is 3.28. The summed E-state index contributed by atoms with van der Waals surface area (Å²) < 4.78 is 39.3. The summed E-state index contributed by atoms with van der Waals surface area (Å²) in [6, 6.07) is 13.2. The van der Waals surface area contributed by atoms with Gasteiger partial charge in [0.15, 0.2) is 12.4 Å². The van der Waals surface area contributed by atoms with Crippen molar-refractivity contribution in [2.75, 3.05) is 24.6 Å². The second kappa shape index (κ2) is 9.27. The zero-order chi connectivity index (χ0) is 24.6. The molecule has 0 fully saturated rings. The number of anilines is 1. The highest BCUT2D eigenvalue weighted by molar-refractivity contribution is 7.89. The van der Waals surface area contributed by atoms with Crippen molar-refractivity contribution in [1.29, 1.82) is 0 Å². The molecule has 5 rings (SSSR count). The van der Waals surface area contributed by atoms with Crippen molar-refractivity contribution in [2.24, 2.45) is 0 Å². The van der Waals surface area contributed by atoms with E-state index in [-0.39, 0.29) is 24.0 Å². The Morgan fingerprint density at radius 3 is 2.63 bits per heavy atom. The van der Waals surface area contributed by atoms with E-state index in [0.717, 1.165) is 11.1 Å². The molecule has 182 valence electrons. The highest BCUT2D eigenvalue weighted by atomic mass is 32.2. The van der Waals surface area contributed by atoms with Crippen molar-refractivity contribution in [3.63, 3.8) is 0 Å². The zero-order valence-corrected chi connectivity index (χ0v) is 20.4. The molecule has 10 heteroatoms. The van der Waals surface area contributed by atoms with E-state index in [9.17, 15) is 13.2 Å². The second-order valence-electron chi connectivity index (χ2n) is 8.52. The topological polar surface area (TPSA) is 106 Å². The molecule has 0 saturated carbocycles. The number of rotatable bonds is 6. The van der Waals surface area contributed by atoms with E-state index >= 15 is 0 Å². The maximum atomic E-state index is 13.5. The molecular weight excluding hydrogens is 468 g/mol. The molecule has 2 aliphatic heterocycles. The number of ether oxygens (including phenoxy) is 1. The van der Waals surface area contributed by atoms with Crippen molar-refractivity contribution < 1.29 is 22.5 Å². The largest absolute Gasteiger partial charge is 0.482 e. The number of carbonyl (C=O) groups is 1. The first-order valence-corrected chi connectivity index (χ1v) is 12.9. The molecule has 0 saturated heterocycles. The molecule has 9 nitrogen and oxygen atoms in total. The van der Waals surface area contributed by atoms with E-state index in [4.69, 9.17) is 9.26 Å². The minimum Gasteiger partial charge on any atom is -0.482 e. The smallest absolute Gasteiger partial charge is 0.265 e. The van der Waals surface area contributed by atoms with Gasteiger partial charge in [-0.25, -0.2) is 8.42 Å². The number of nitrogens with zero attached hydrogens (tertiary/aromatic N) is 4. The van der Waals surface area contributed by atoms with Crippen LogP contribution in [0.4, 0.5) is 5.69 Å². The Morgan fingerprint density at radius 2 is 1.94 bits per heavy atom. The van der Waals surface area contributed by atoms with Gasteiger partial charge in [-0.3, -0.25) is 9.69 Å². The number of benzene rings is 2. The molecule has 35 heavy (non-hydrogen) atoms. The van der Waals surface area contributed by atoms with Gasteiger partial charge in [0.1, 0.15) is 5.75 Å². The molecule has 2 aromatic carbocycles. The third-order valence-corrected chi connectivity index (χ3v) is 8.25. The van der Waals surface area contributed by atoms with Gasteiger partial charge in [-0.15, -0.1) is 0 Å². The molecule has 0 radical (unpaired) electrons. The number of amides is 1. The Balaban J connectivity index is 1.41. The van der Waals surface area contributed by atoms with Gasteiger partial charge in [-0.2, -0.15) is 9.29 Å². The summed E-state index contributed by atoms with van der Waals surface area (Å²) in [6.07, 6.45) is 3.20. The molecule has 0 spiro atoms. The third kappa shape index (κ3) is 4.46. The quantitative estimate of drug-likeness (QED) is 0.517. The van der Waals surface area contributed by atoms with Crippen molar-refractivity contribution in [3.8, 4) is 5.75 Å². The standard InChI is InChI=1S/C25H26N4O5S/c1-3-24-26-23(27-34-24)15-29-20-13-17(2)22(14-21(20)33-16-25(29)30)35(31,32)28-11-9-19(10-12-28)18-7-5-4-6-8-18/h4-9,13-14H,3,10-12,15-16H2,1-2H3. The lowest BCUT2D eigenvalue weighted by Crippen LogP contribution is -2.39. The molecule has 0 unspecified atom stereocenters.